The molecule has 0 radical (unpaired) electrons. The van der Waals surface area contributed by atoms with E-state index in [2.05, 4.69) is 5.32 Å². The Labute approximate surface area is 112 Å². The predicted molar refractivity (Wildman–Crippen MR) is 71.1 cm³/mol. The van der Waals surface area contributed by atoms with Crippen LogP contribution >= 0.6 is 0 Å². The number of hydrogen-bond donors (Lipinski definition) is 1. The molecule has 1 atom stereocenters. The molecule has 3 rings (SSSR count). The predicted octanol–water partition coefficient (Wildman–Crippen LogP) is 1.08. The van der Waals surface area contributed by atoms with Crippen LogP contribution in [0.1, 0.15) is 18.9 Å². The highest BCUT2D eigenvalue weighted by Gasteiger charge is 2.37. The van der Waals surface area contributed by atoms with Crippen LogP contribution in [0.4, 0.5) is 0 Å². The summed E-state index contributed by atoms with van der Waals surface area (Å²) in [7, 11) is -2.88. The molecule has 2 aliphatic rings. The lowest BCUT2D eigenvalue weighted by Crippen LogP contribution is -2.42. The molecule has 1 saturated heterocycles. The lowest BCUT2D eigenvalue weighted by atomic mass is 10.0. The summed E-state index contributed by atoms with van der Waals surface area (Å²) in [5, 5.41) is 3.35. The zero-order valence-electron chi connectivity index (χ0n) is 10.8. The van der Waals surface area contributed by atoms with Crippen molar-refractivity contribution in [1.29, 1.82) is 0 Å². The zero-order chi connectivity index (χ0) is 13.5. The Balaban J connectivity index is 1.67. The van der Waals surface area contributed by atoms with E-state index in [1.807, 2.05) is 25.1 Å². The van der Waals surface area contributed by atoms with Gasteiger partial charge in [-0.1, -0.05) is 6.07 Å². The molecular weight excluding hydrogens is 266 g/mol. The number of fused-ring (bicyclic) bond motifs is 1. The summed E-state index contributed by atoms with van der Waals surface area (Å²) in [6.45, 7) is 2.86. The fourth-order valence-electron chi connectivity index (χ4n) is 2.52. The third-order valence-corrected chi connectivity index (χ3v) is 5.56. The number of ether oxygens (including phenoxy) is 2. The van der Waals surface area contributed by atoms with Gasteiger partial charge in [-0.15, -0.1) is 0 Å². The first-order valence-corrected chi connectivity index (χ1v) is 8.12. The largest absolute Gasteiger partial charge is 0.454 e. The van der Waals surface area contributed by atoms with E-state index in [4.69, 9.17) is 9.47 Å². The van der Waals surface area contributed by atoms with E-state index in [1.165, 1.54) is 0 Å². The molecule has 19 heavy (non-hydrogen) atoms. The highest BCUT2D eigenvalue weighted by Crippen LogP contribution is 2.32. The van der Waals surface area contributed by atoms with Crippen molar-refractivity contribution in [3.05, 3.63) is 23.8 Å². The molecule has 2 aliphatic heterocycles. The summed E-state index contributed by atoms with van der Waals surface area (Å²) in [6, 6.07) is 5.78. The van der Waals surface area contributed by atoms with E-state index in [1.54, 1.807) is 0 Å². The molecule has 5 nitrogen and oxygen atoms in total. The van der Waals surface area contributed by atoms with Crippen molar-refractivity contribution in [2.24, 2.45) is 0 Å². The second kappa shape index (κ2) is 4.38. The zero-order valence-corrected chi connectivity index (χ0v) is 11.6. The normalized spacial score (nSPS) is 27.6. The van der Waals surface area contributed by atoms with E-state index >= 15 is 0 Å². The van der Waals surface area contributed by atoms with Gasteiger partial charge in [-0.2, -0.15) is 0 Å². The Morgan fingerprint density at radius 2 is 2.11 bits per heavy atom. The van der Waals surface area contributed by atoms with Crippen LogP contribution < -0.4 is 14.8 Å². The SMILES string of the molecule is CC1(NCc2ccc3c(c2)OCO3)CCS(=O)(=O)C1. The Morgan fingerprint density at radius 3 is 2.84 bits per heavy atom. The van der Waals surface area contributed by atoms with Crippen molar-refractivity contribution in [3.63, 3.8) is 0 Å². The average Bonchev–Trinajstić information content (AvgIpc) is 2.91. The minimum absolute atomic E-state index is 0.213. The third kappa shape index (κ3) is 2.69. The molecule has 0 aliphatic carbocycles. The second-order valence-corrected chi connectivity index (χ2v) is 7.63. The maximum absolute atomic E-state index is 11.5. The smallest absolute Gasteiger partial charge is 0.231 e. The van der Waals surface area contributed by atoms with E-state index < -0.39 is 9.84 Å². The molecule has 0 aromatic heterocycles. The molecule has 1 fully saturated rings. The Bertz CT molecular complexity index is 599. The van der Waals surface area contributed by atoms with Crippen LogP contribution in [0.3, 0.4) is 0 Å². The molecule has 104 valence electrons. The van der Waals surface area contributed by atoms with Crippen LogP contribution in [-0.4, -0.2) is 32.3 Å². The highest BCUT2D eigenvalue weighted by atomic mass is 32.2. The summed E-state index contributed by atoms with van der Waals surface area (Å²) >= 11 is 0. The van der Waals surface area contributed by atoms with Gasteiger partial charge in [-0.3, -0.25) is 0 Å². The maximum Gasteiger partial charge on any atom is 0.231 e. The Kier molecular flexibility index (Phi) is 2.94. The molecular formula is C13H17NO4S. The van der Waals surface area contributed by atoms with Crippen LogP contribution in [-0.2, 0) is 16.4 Å². The van der Waals surface area contributed by atoms with E-state index in [0.717, 1.165) is 17.1 Å². The summed E-state index contributed by atoms with van der Waals surface area (Å²) in [4.78, 5) is 0. The van der Waals surface area contributed by atoms with Gasteiger partial charge in [0, 0.05) is 12.1 Å². The van der Waals surface area contributed by atoms with Gasteiger partial charge in [0.05, 0.1) is 11.5 Å². The number of sulfone groups is 1. The summed E-state index contributed by atoms with van der Waals surface area (Å²) in [6.07, 6.45) is 0.667. The molecule has 0 spiro atoms. The number of rotatable bonds is 3. The summed E-state index contributed by atoms with van der Waals surface area (Å²) < 4.78 is 33.6. The van der Waals surface area contributed by atoms with Gasteiger partial charge >= 0.3 is 0 Å². The van der Waals surface area contributed by atoms with Crippen molar-refractivity contribution in [2.45, 2.75) is 25.4 Å². The van der Waals surface area contributed by atoms with Gasteiger partial charge in [-0.05, 0) is 31.0 Å². The van der Waals surface area contributed by atoms with Crippen molar-refractivity contribution in [1.82, 2.24) is 5.32 Å². The fourth-order valence-corrected chi connectivity index (χ4v) is 4.64. The van der Waals surface area contributed by atoms with Crippen LogP contribution in [0.25, 0.3) is 0 Å². The Hall–Kier alpha value is -1.27. The first-order chi connectivity index (χ1) is 8.96. The third-order valence-electron chi connectivity index (χ3n) is 3.66. The summed E-state index contributed by atoms with van der Waals surface area (Å²) in [5.41, 5.74) is 0.740. The molecule has 1 N–H and O–H groups in total. The maximum atomic E-state index is 11.5. The molecule has 0 saturated carbocycles. The van der Waals surface area contributed by atoms with Crippen LogP contribution in [0, 0.1) is 0 Å². The number of benzene rings is 1. The van der Waals surface area contributed by atoms with Crippen molar-refractivity contribution in [3.8, 4) is 11.5 Å². The second-order valence-electron chi connectivity index (χ2n) is 5.44. The molecule has 6 heteroatoms. The van der Waals surface area contributed by atoms with Crippen molar-refractivity contribution >= 4 is 9.84 Å². The van der Waals surface area contributed by atoms with Crippen molar-refractivity contribution < 1.29 is 17.9 Å². The van der Waals surface area contributed by atoms with Gasteiger partial charge in [0.25, 0.3) is 0 Å². The summed E-state index contributed by atoms with van der Waals surface area (Å²) in [5.74, 6) is 2.00. The van der Waals surface area contributed by atoms with E-state index in [-0.39, 0.29) is 23.8 Å². The lowest BCUT2D eigenvalue weighted by molar-refractivity contribution is 0.174. The molecule has 1 aromatic carbocycles. The van der Waals surface area contributed by atoms with Crippen LogP contribution in [0.15, 0.2) is 18.2 Å². The van der Waals surface area contributed by atoms with Crippen molar-refractivity contribution in [2.75, 3.05) is 18.3 Å². The molecule has 2 heterocycles. The topological polar surface area (TPSA) is 64.6 Å². The van der Waals surface area contributed by atoms with E-state index in [0.29, 0.717) is 13.0 Å². The Morgan fingerprint density at radius 1 is 1.32 bits per heavy atom. The van der Waals surface area contributed by atoms with Gasteiger partial charge in [0.15, 0.2) is 21.3 Å². The van der Waals surface area contributed by atoms with Gasteiger partial charge in [0.2, 0.25) is 6.79 Å². The van der Waals surface area contributed by atoms with Crippen LogP contribution in [0.2, 0.25) is 0 Å². The highest BCUT2D eigenvalue weighted by molar-refractivity contribution is 7.91. The van der Waals surface area contributed by atoms with E-state index in [9.17, 15) is 8.42 Å². The number of hydrogen-bond acceptors (Lipinski definition) is 5. The van der Waals surface area contributed by atoms with Crippen LogP contribution in [0.5, 0.6) is 11.5 Å². The quantitative estimate of drug-likeness (QED) is 0.899. The first kappa shape index (κ1) is 12.7. The van der Waals surface area contributed by atoms with Gasteiger partial charge in [0.1, 0.15) is 0 Å². The lowest BCUT2D eigenvalue weighted by Gasteiger charge is -2.24. The minimum Gasteiger partial charge on any atom is -0.454 e. The monoisotopic (exact) mass is 283 g/mol. The molecule has 0 amide bonds. The fraction of sp³-hybridized carbons (Fsp3) is 0.538. The number of nitrogens with one attached hydrogen (secondary N) is 1. The molecule has 1 aromatic rings. The first-order valence-electron chi connectivity index (χ1n) is 6.30. The van der Waals surface area contributed by atoms with Gasteiger partial charge in [-0.25, -0.2) is 8.42 Å². The average molecular weight is 283 g/mol. The minimum atomic E-state index is -2.88. The van der Waals surface area contributed by atoms with Gasteiger partial charge < -0.3 is 14.8 Å². The molecule has 1 unspecified atom stereocenters. The molecule has 0 bridgehead atoms. The standard InChI is InChI=1S/C13H17NO4S/c1-13(4-5-19(15,16)8-13)14-7-10-2-3-11-12(6-10)18-9-17-11/h2-3,6,14H,4-5,7-9H2,1H3.